The van der Waals surface area contributed by atoms with Crippen molar-refractivity contribution in [1.29, 1.82) is 0 Å². The second-order valence-electron chi connectivity index (χ2n) is 18.2. The zero-order valence-electron chi connectivity index (χ0n) is 41.9. The maximum absolute atomic E-state index is 14.8. The van der Waals surface area contributed by atoms with Crippen LogP contribution in [0.1, 0.15) is 55.1 Å². The Hall–Kier alpha value is -8.60. The van der Waals surface area contributed by atoms with Gasteiger partial charge in [0, 0.05) is 22.3 Å². The van der Waals surface area contributed by atoms with Crippen molar-refractivity contribution in [3.8, 4) is 5.88 Å². The van der Waals surface area contributed by atoms with Crippen LogP contribution in [0.15, 0.2) is 213 Å². The summed E-state index contributed by atoms with van der Waals surface area (Å²) in [7, 11) is 0. The summed E-state index contributed by atoms with van der Waals surface area (Å²) in [6, 6.07) is 59.2. The lowest BCUT2D eigenvalue weighted by molar-refractivity contribution is -0.150. The second-order valence-corrected chi connectivity index (χ2v) is 23.1. The van der Waals surface area contributed by atoms with Gasteiger partial charge in [-0.2, -0.15) is 4.37 Å². The van der Waals surface area contributed by atoms with E-state index in [0.29, 0.717) is 21.5 Å². The van der Waals surface area contributed by atoms with E-state index < -0.39 is 52.1 Å². The number of oxime groups is 1. The summed E-state index contributed by atoms with van der Waals surface area (Å²) in [4.78, 5) is 70.6. The lowest BCUT2D eigenvalue weighted by atomic mass is 9.77. The van der Waals surface area contributed by atoms with Crippen molar-refractivity contribution >= 4 is 97.5 Å². The molecule has 0 aliphatic carbocycles. The van der Waals surface area contributed by atoms with E-state index >= 15 is 0 Å². The number of hydrogen-bond donors (Lipinski definition) is 6. The molecule has 21 heteroatoms. The first-order valence-electron chi connectivity index (χ1n) is 24.8. The first kappa shape index (κ1) is 53.4. The van der Waals surface area contributed by atoms with Crippen LogP contribution in [0.4, 0.5) is 10.3 Å². The van der Waals surface area contributed by atoms with Crippen molar-refractivity contribution in [2.75, 3.05) is 22.1 Å². The summed E-state index contributed by atoms with van der Waals surface area (Å²) in [5.74, 6) is -4.70. The lowest BCUT2D eigenvalue weighted by Gasteiger charge is -2.49. The molecule has 3 aromatic heterocycles. The number of carbonyl (C=O) groups is 4. The van der Waals surface area contributed by atoms with Crippen LogP contribution in [-0.2, 0) is 36.9 Å². The second kappa shape index (κ2) is 23.4. The number of aromatic hydroxyl groups is 1. The third-order valence-corrected chi connectivity index (χ3v) is 18.6. The van der Waals surface area contributed by atoms with E-state index in [2.05, 4.69) is 61.9 Å². The minimum atomic E-state index is -1.38. The molecule has 2 amide bonds. The summed E-state index contributed by atoms with van der Waals surface area (Å²) >= 11 is 5.65. The van der Waals surface area contributed by atoms with Crippen LogP contribution < -0.4 is 16.0 Å². The quantitative estimate of drug-likeness (QED) is 0.0129. The Morgan fingerprint density at radius 3 is 1.59 bits per heavy atom. The van der Waals surface area contributed by atoms with Crippen LogP contribution in [0, 0.1) is 0 Å². The minimum absolute atomic E-state index is 0.00298. The van der Waals surface area contributed by atoms with E-state index in [9.17, 15) is 34.5 Å². The van der Waals surface area contributed by atoms with E-state index in [1.165, 1.54) is 34.4 Å². The van der Waals surface area contributed by atoms with Gasteiger partial charge in [-0.1, -0.05) is 187 Å². The first-order chi connectivity index (χ1) is 39.0. The summed E-state index contributed by atoms with van der Waals surface area (Å²) in [5, 5.41) is 48.6. The van der Waals surface area contributed by atoms with Crippen molar-refractivity contribution in [2.45, 2.75) is 33.3 Å². The van der Waals surface area contributed by atoms with Gasteiger partial charge in [-0.3, -0.25) is 14.5 Å². The number of amides is 2. The zero-order valence-corrected chi connectivity index (χ0v) is 46.0. The maximum Gasteiger partial charge on any atom is 0.352 e. The molecule has 0 spiro atoms. The average molecular weight is 1160 g/mol. The van der Waals surface area contributed by atoms with Gasteiger partial charge in [-0.25, -0.2) is 19.6 Å². The number of thioether (sulfide) groups is 2. The van der Waals surface area contributed by atoms with Crippen LogP contribution in [0.25, 0.3) is 0 Å². The number of aromatic carboxylic acids is 1. The van der Waals surface area contributed by atoms with Crippen LogP contribution in [0.2, 0.25) is 0 Å². The van der Waals surface area contributed by atoms with E-state index in [-0.39, 0.29) is 45.0 Å². The Kier molecular flexibility index (Phi) is 15.6. The molecular weight excluding hydrogens is 1110 g/mol. The van der Waals surface area contributed by atoms with Gasteiger partial charge in [0.15, 0.2) is 22.6 Å². The van der Waals surface area contributed by atoms with Crippen LogP contribution in [0.5, 0.6) is 5.88 Å². The monoisotopic (exact) mass is 1150 g/mol. The van der Waals surface area contributed by atoms with Crippen molar-refractivity contribution in [3.63, 3.8) is 0 Å². The Balaban J connectivity index is 0.902. The summed E-state index contributed by atoms with van der Waals surface area (Å²) in [6.45, 7) is -0.157. The number of fused-ring (bicyclic) bond motifs is 1. The van der Waals surface area contributed by atoms with Gasteiger partial charge in [0.25, 0.3) is 11.8 Å². The van der Waals surface area contributed by atoms with Crippen LogP contribution in [0.3, 0.4) is 0 Å². The molecule has 0 bridgehead atoms. The standard InChI is InChI=1S/C59H46N8O8S5/c68-49-45(53(71)72)55(80-66-49)77-33-36-32-76-52-47(51(70)67(52)48(36)54(73)74)62-50(69)46(44-35-79-57(61-44)64-59(40-25-13-4-14-26-40,41-27-15-5-16-28-41)42-29-17-6-18-30-42)65-75-31-43-34-78-56(60-43)63-58(37-19-7-1-8-20-37,38-21-9-2-10-22-38)39-23-11-3-12-24-39/h1-30,34-35,47,52H,31-33H2,(H,60,63)(H,61,64)(H,62,69)(H,66,68)(H,71,72)(H,73,74)/b65-46-/t47?,52-/m0/s1. The topological polar surface area (TPSA) is 229 Å². The van der Waals surface area contributed by atoms with E-state index in [1.807, 2.05) is 151 Å². The highest BCUT2D eigenvalue weighted by Crippen LogP contribution is 2.45. The normalized spacial score (nSPS) is 15.4. The molecule has 2 aliphatic heterocycles. The molecule has 5 heterocycles. The number of β-lactam (4-membered cyclic amide) rings is 1. The molecule has 6 N–H and O–H groups in total. The fourth-order valence-corrected chi connectivity index (χ4v) is 14.7. The molecule has 80 heavy (non-hydrogen) atoms. The predicted molar refractivity (Wildman–Crippen MR) is 312 cm³/mol. The van der Waals surface area contributed by atoms with Crippen LogP contribution in [-0.4, -0.2) is 86.9 Å². The van der Waals surface area contributed by atoms with Gasteiger partial charge in [-0.15, -0.1) is 46.2 Å². The summed E-state index contributed by atoms with van der Waals surface area (Å²) in [6.07, 6.45) is 0. The number of nitrogens with one attached hydrogen (secondary N) is 3. The molecule has 6 aromatic carbocycles. The molecule has 1 unspecified atom stereocenters. The Morgan fingerprint density at radius 2 is 1.12 bits per heavy atom. The fourth-order valence-electron chi connectivity index (χ4n) is 9.83. The van der Waals surface area contributed by atoms with E-state index in [0.717, 1.165) is 61.6 Å². The van der Waals surface area contributed by atoms with Gasteiger partial charge in [-0.05, 0) is 50.5 Å². The number of aromatic nitrogens is 3. The number of anilines is 2. The van der Waals surface area contributed by atoms with Gasteiger partial charge < -0.3 is 36.1 Å². The minimum Gasteiger partial charge on any atom is -0.492 e. The first-order valence-corrected chi connectivity index (χ1v) is 29.4. The summed E-state index contributed by atoms with van der Waals surface area (Å²) < 4.78 is 3.91. The van der Waals surface area contributed by atoms with E-state index in [1.54, 1.807) is 5.38 Å². The molecule has 11 rings (SSSR count). The fraction of sp³-hybridized carbons (Fsp3) is 0.119. The van der Waals surface area contributed by atoms with Crippen molar-refractivity contribution in [1.82, 2.24) is 24.6 Å². The number of carboxylic acids is 2. The van der Waals surface area contributed by atoms with Crippen molar-refractivity contribution < 1.29 is 39.3 Å². The van der Waals surface area contributed by atoms with Gasteiger partial charge in [0.2, 0.25) is 5.88 Å². The Morgan fingerprint density at radius 1 is 0.662 bits per heavy atom. The van der Waals surface area contributed by atoms with Gasteiger partial charge in [0.1, 0.15) is 39.4 Å². The average Bonchev–Trinajstić information content (AvgIpc) is 4.31. The molecule has 2 aliphatic rings. The van der Waals surface area contributed by atoms with E-state index in [4.69, 9.17) is 14.8 Å². The third-order valence-electron chi connectivity index (χ3n) is 13.5. The number of aliphatic carboxylic acids is 1. The molecule has 2 atom stereocenters. The van der Waals surface area contributed by atoms with Crippen molar-refractivity contribution in [3.05, 3.63) is 254 Å². The number of nitrogens with zero attached hydrogens (tertiary/aromatic N) is 5. The summed E-state index contributed by atoms with van der Waals surface area (Å²) in [5.41, 5.74) is 4.08. The number of hydrogen-bond acceptors (Lipinski definition) is 17. The smallest absolute Gasteiger partial charge is 0.352 e. The number of benzene rings is 6. The lowest BCUT2D eigenvalue weighted by Crippen LogP contribution is -2.71. The number of carboxylic acid groups (broad SMARTS) is 2. The molecule has 1 saturated heterocycles. The highest BCUT2D eigenvalue weighted by molar-refractivity contribution is 8.02. The largest absolute Gasteiger partial charge is 0.492 e. The zero-order chi connectivity index (χ0) is 55.2. The molecule has 16 nitrogen and oxygen atoms in total. The van der Waals surface area contributed by atoms with Gasteiger partial charge in [0.05, 0.1) is 9.90 Å². The highest BCUT2D eigenvalue weighted by atomic mass is 32.2. The van der Waals surface area contributed by atoms with Crippen LogP contribution >= 0.6 is 57.7 Å². The molecule has 9 aromatic rings. The van der Waals surface area contributed by atoms with Crippen molar-refractivity contribution in [2.24, 2.45) is 5.16 Å². The SMILES string of the molecule is O=C(O)C1=C(CSc2snc(O)c2C(=O)O)CS[C@H]2C(NC(=O)/C(=N\OCc3csc(NC(c4ccccc4)(c4ccccc4)c4ccccc4)n3)c3csc(NC(c4ccccc4)(c4ccccc4)c4ccccc4)n3)C(=O)N12. The molecule has 1 fully saturated rings. The Bertz CT molecular complexity index is 3560. The van der Waals surface area contributed by atoms with Gasteiger partial charge >= 0.3 is 11.9 Å². The number of rotatable bonds is 21. The third kappa shape index (κ3) is 10.4. The molecule has 400 valence electrons. The number of carbonyl (C=O) groups excluding carboxylic acids is 2. The molecular formula is C59H46N8O8S5. The predicted octanol–water partition coefficient (Wildman–Crippen LogP) is 10.7. The molecule has 0 radical (unpaired) electrons. The maximum atomic E-state index is 14.8. The molecule has 0 saturated carbocycles. The highest BCUT2D eigenvalue weighted by Gasteiger charge is 2.54. The number of thiazole rings is 2. The Labute approximate surface area is 479 Å².